The van der Waals surface area contributed by atoms with E-state index in [1.165, 1.54) is 6.92 Å². The Hall–Kier alpha value is -3.12. The highest BCUT2D eigenvalue weighted by Crippen LogP contribution is 2.19. The van der Waals surface area contributed by atoms with Crippen molar-refractivity contribution < 1.29 is 14.3 Å². The molecule has 0 fully saturated rings. The molecule has 0 aliphatic rings. The monoisotopic (exact) mass is 304 g/mol. The van der Waals surface area contributed by atoms with E-state index in [2.05, 4.69) is 11.8 Å². The molecule has 114 valence electrons. The van der Waals surface area contributed by atoms with Gasteiger partial charge in [-0.3, -0.25) is 9.59 Å². The van der Waals surface area contributed by atoms with Gasteiger partial charge in [-0.25, -0.2) is 0 Å². The van der Waals surface area contributed by atoms with Gasteiger partial charge in [0.15, 0.2) is 6.61 Å². The molecule has 0 saturated carbocycles. The molecule has 0 aliphatic heterocycles. The molecule has 0 radical (unpaired) electrons. The lowest BCUT2D eigenvalue weighted by Gasteiger charge is -2.03. The molecule has 0 bridgehead atoms. The molecule has 2 rings (SSSR count). The maximum Gasteiger partial charge on any atom is 0.303 e. The van der Waals surface area contributed by atoms with Gasteiger partial charge in [0.05, 0.1) is 0 Å². The van der Waals surface area contributed by atoms with Crippen LogP contribution in [-0.2, 0) is 14.3 Å². The first-order valence-electron chi connectivity index (χ1n) is 7.15. The Morgan fingerprint density at radius 2 is 1.61 bits per heavy atom. The topological polar surface area (TPSA) is 43.4 Å². The van der Waals surface area contributed by atoms with Crippen LogP contribution >= 0.6 is 0 Å². The lowest BCUT2D eigenvalue weighted by atomic mass is 9.99. The van der Waals surface area contributed by atoms with E-state index in [9.17, 15) is 9.59 Å². The van der Waals surface area contributed by atoms with E-state index in [4.69, 9.17) is 4.74 Å². The standard InChI is InChI=1S/C20H16O3/c1-16(21)23-14-8-13-20(22)19(18-11-6-3-7-12-18)15-17-9-4-2-5-10-17/h2-7,9-12,15H,14H2,1H3/b19-15+. The van der Waals surface area contributed by atoms with Gasteiger partial charge in [-0.15, -0.1) is 0 Å². The van der Waals surface area contributed by atoms with Crippen molar-refractivity contribution in [2.45, 2.75) is 6.92 Å². The van der Waals surface area contributed by atoms with Crippen LogP contribution in [-0.4, -0.2) is 18.4 Å². The number of allylic oxidation sites excluding steroid dienone is 1. The highest BCUT2D eigenvalue weighted by Gasteiger charge is 2.09. The molecule has 3 heteroatoms. The number of Topliss-reactive ketones (excluding diaryl/α,β-unsaturated/α-hetero) is 1. The van der Waals surface area contributed by atoms with Gasteiger partial charge in [0.2, 0.25) is 5.78 Å². The van der Waals surface area contributed by atoms with Gasteiger partial charge in [0.1, 0.15) is 0 Å². The van der Waals surface area contributed by atoms with Crippen LogP contribution in [0.4, 0.5) is 0 Å². The predicted molar refractivity (Wildman–Crippen MR) is 90.2 cm³/mol. The molecule has 0 aromatic heterocycles. The van der Waals surface area contributed by atoms with Gasteiger partial charge in [-0.05, 0) is 23.1 Å². The third-order valence-electron chi connectivity index (χ3n) is 2.99. The molecule has 0 spiro atoms. The second kappa shape index (κ2) is 8.35. The highest BCUT2D eigenvalue weighted by molar-refractivity contribution is 6.32. The van der Waals surface area contributed by atoms with E-state index in [1.54, 1.807) is 6.08 Å². The minimum Gasteiger partial charge on any atom is -0.453 e. The number of ketones is 1. The van der Waals surface area contributed by atoms with Crippen LogP contribution in [0.5, 0.6) is 0 Å². The van der Waals surface area contributed by atoms with Crippen molar-refractivity contribution >= 4 is 23.4 Å². The fraction of sp³-hybridized carbons (Fsp3) is 0.100. The summed E-state index contributed by atoms with van der Waals surface area (Å²) in [4.78, 5) is 23.1. The van der Waals surface area contributed by atoms with Crippen molar-refractivity contribution in [3.05, 3.63) is 71.8 Å². The zero-order valence-electron chi connectivity index (χ0n) is 12.8. The van der Waals surface area contributed by atoms with Crippen LogP contribution in [0.1, 0.15) is 18.1 Å². The van der Waals surface area contributed by atoms with Crippen molar-refractivity contribution in [1.82, 2.24) is 0 Å². The maximum atomic E-state index is 12.4. The Morgan fingerprint density at radius 3 is 2.22 bits per heavy atom. The average molecular weight is 304 g/mol. The van der Waals surface area contributed by atoms with E-state index in [0.717, 1.165) is 11.1 Å². The third-order valence-corrected chi connectivity index (χ3v) is 2.99. The van der Waals surface area contributed by atoms with Crippen LogP contribution in [0.25, 0.3) is 11.6 Å². The largest absolute Gasteiger partial charge is 0.453 e. The number of benzene rings is 2. The van der Waals surface area contributed by atoms with E-state index in [-0.39, 0.29) is 12.4 Å². The molecule has 0 saturated heterocycles. The van der Waals surface area contributed by atoms with Crippen LogP contribution in [0, 0.1) is 11.8 Å². The van der Waals surface area contributed by atoms with Crippen LogP contribution in [0.2, 0.25) is 0 Å². The normalized spacial score (nSPS) is 10.4. The molecule has 2 aromatic carbocycles. The molecule has 0 N–H and O–H groups in total. The lowest BCUT2D eigenvalue weighted by molar-refractivity contribution is -0.139. The molecule has 0 heterocycles. The molecule has 0 atom stereocenters. The second-order valence-electron chi connectivity index (χ2n) is 4.75. The number of hydrogen-bond acceptors (Lipinski definition) is 3. The van der Waals surface area contributed by atoms with Crippen molar-refractivity contribution in [2.24, 2.45) is 0 Å². The summed E-state index contributed by atoms with van der Waals surface area (Å²) in [5.74, 6) is 4.36. The third kappa shape index (κ3) is 5.29. The summed E-state index contributed by atoms with van der Waals surface area (Å²) in [5, 5.41) is 0. The molecule has 0 aliphatic carbocycles. The minimum atomic E-state index is -0.421. The van der Waals surface area contributed by atoms with E-state index < -0.39 is 5.97 Å². The zero-order chi connectivity index (χ0) is 16.5. The minimum absolute atomic E-state index is 0.0888. The molecule has 0 amide bonds. The van der Waals surface area contributed by atoms with E-state index in [0.29, 0.717) is 5.57 Å². The van der Waals surface area contributed by atoms with Crippen molar-refractivity contribution in [2.75, 3.05) is 6.61 Å². The molecule has 0 unspecified atom stereocenters. The average Bonchev–Trinajstić information content (AvgIpc) is 2.58. The Morgan fingerprint density at radius 1 is 1.00 bits per heavy atom. The quantitative estimate of drug-likeness (QED) is 0.286. The zero-order valence-corrected chi connectivity index (χ0v) is 12.8. The first-order valence-corrected chi connectivity index (χ1v) is 7.15. The molecule has 23 heavy (non-hydrogen) atoms. The van der Waals surface area contributed by atoms with E-state index >= 15 is 0 Å². The summed E-state index contributed by atoms with van der Waals surface area (Å²) in [6.45, 7) is 1.21. The molecular weight excluding hydrogens is 288 g/mol. The summed E-state index contributed by atoms with van der Waals surface area (Å²) in [6.07, 6.45) is 1.80. The van der Waals surface area contributed by atoms with Gasteiger partial charge in [-0.1, -0.05) is 66.6 Å². The summed E-state index contributed by atoms with van der Waals surface area (Å²) >= 11 is 0. The number of ether oxygens (including phenoxy) is 1. The Bertz CT molecular complexity index is 763. The number of hydrogen-bond donors (Lipinski definition) is 0. The van der Waals surface area contributed by atoms with E-state index in [1.807, 2.05) is 60.7 Å². The summed E-state index contributed by atoms with van der Waals surface area (Å²) in [6, 6.07) is 18.9. The van der Waals surface area contributed by atoms with Gasteiger partial charge >= 0.3 is 5.97 Å². The SMILES string of the molecule is CC(=O)OCC#CC(=O)/C(=C/c1ccccc1)c1ccccc1. The van der Waals surface area contributed by atoms with Crippen LogP contribution < -0.4 is 0 Å². The lowest BCUT2D eigenvalue weighted by Crippen LogP contribution is -2.01. The second-order valence-corrected chi connectivity index (χ2v) is 4.75. The number of rotatable bonds is 4. The number of carbonyl (C=O) groups excluding carboxylic acids is 2. The Kier molecular flexibility index (Phi) is 5.90. The fourth-order valence-corrected chi connectivity index (χ4v) is 1.94. The van der Waals surface area contributed by atoms with Crippen LogP contribution in [0.3, 0.4) is 0 Å². The van der Waals surface area contributed by atoms with Gasteiger partial charge in [-0.2, -0.15) is 0 Å². The highest BCUT2D eigenvalue weighted by atomic mass is 16.5. The smallest absolute Gasteiger partial charge is 0.303 e. The summed E-state index contributed by atoms with van der Waals surface area (Å²) < 4.78 is 4.71. The Labute approximate surface area is 135 Å². The van der Waals surface area contributed by atoms with Crippen molar-refractivity contribution in [3.63, 3.8) is 0 Å². The predicted octanol–water partition coefficient (Wildman–Crippen LogP) is 3.36. The number of esters is 1. The summed E-state index contributed by atoms with van der Waals surface area (Å²) in [7, 11) is 0. The van der Waals surface area contributed by atoms with Gasteiger partial charge in [0, 0.05) is 12.5 Å². The van der Waals surface area contributed by atoms with Crippen molar-refractivity contribution in [3.8, 4) is 11.8 Å². The van der Waals surface area contributed by atoms with Gasteiger partial charge in [0.25, 0.3) is 0 Å². The first-order chi connectivity index (χ1) is 11.2. The maximum absolute atomic E-state index is 12.4. The Balaban J connectivity index is 2.29. The van der Waals surface area contributed by atoms with Gasteiger partial charge < -0.3 is 4.74 Å². The fourth-order valence-electron chi connectivity index (χ4n) is 1.94. The molecule has 2 aromatic rings. The first kappa shape index (κ1) is 16.3. The summed E-state index contributed by atoms with van der Waals surface area (Å²) in [5.41, 5.74) is 2.22. The van der Waals surface area contributed by atoms with Crippen LogP contribution in [0.15, 0.2) is 60.7 Å². The van der Waals surface area contributed by atoms with Crippen molar-refractivity contribution in [1.29, 1.82) is 0 Å². The number of carbonyl (C=O) groups is 2. The molecular formula is C20H16O3. The molecule has 3 nitrogen and oxygen atoms in total.